The van der Waals surface area contributed by atoms with E-state index in [1.54, 1.807) is 0 Å². The molecule has 1 heterocycles. The largest absolute Gasteiger partial charge is 0.394 e. The molecule has 4 N–H and O–H groups in total. The molecule has 0 aliphatic heterocycles. The zero-order chi connectivity index (χ0) is 12.3. The van der Waals surface area contributed by atoms with E-state index < -0.39 is 6.10 Å². The number of nitrogens with one attached hydrogen (secondary N) is 2. The first-order valence-electron chi connectivity index (χ1n) is 5.46. The number of H-pyrrole nitrogens is 1. The molecule has 0 radical (unpaired) electrons. The Morgan fingerprint density at radius 2 is 2.24 bits per heavy atom. The number of halogens is 1. The van der Waals surface area contributed by atoms with Gasteiger partial charge in [-0.2, -0.15) is 0 Å². The zero-order valence-electron chi connectivity index (χ0n) is 9.28. The van der Waals surface area contributed by atoms with E-state index >= 15 is 0 Å². The first-order valence-corrected chi connectivity index (χ1v) is 5.83. The highest BCUT2D eigenvalue weighted by atomic mass is 35.5. The van der Waals surface area contributed by atoms with Gasteiger partial charge in [0.05, 0.1) is 12.7 Å². The molecule has 4 nitrogen and oxygen atoms in total. The van der Waals surface area contributed by atoms with Crippen molar-refractivity contribution in [1.82, 2.24) is 10.3 Å². The minimum Gasteiger partial charge on any atom is -0.394 e. The number of benzene rings is 1. The van der Waals surface area contributed by atoms with Crippen LogP contribution < -0.4 is 5.32 Å². The average Bonchev–Trinajstić information content (AvgIpc) is 2.71. The first-order chi connectivity index (χ1) is 8.20. The summed E-state index contributed by atoms with van der Waals surface area (Å²) in [6.07, 6.45) is 1.20. The molecule has 1 unspecified atom stereocenters. The predicted molar refractivity (Wildman–Crippen MR) is 68.1 cm³/mol. The number of aromatic amines is 1. The van der Waals surface area contributed by atoms with Crippen LogP contribution in [0.25, 0.3) is 10.9 Å². The predicted octanol–water partition coefficient (Wildman–Crippen LogP) is 1.26. The van der Waals surface area contributed by atoms with Crippen LogP contribution in [0.4, 0.5) is 0 Å². The Morgan fingerprint density at radius 3 is 3.00 bits per heavy atom. The van der Waals surface area contributed by atoms with Crippen molar-refractivity contribution < 1.29 is 10.2 Å². The van der Waals surface area contributed by atoms with Crippen LogP contribution in [-0.4, -0.2) is 34.5 Å². The van der Waals surface area contributed by atoms with Gasteiger partial charge in [-0.3, -0.25) is 0 Å². The maximum Gasteiger partial charge on any atom is 0.0895 e. The van der Waals surface area contributed by atoms with E-state index in [1.165, 1.54) is 0 Å². The van der Waals surface area contributed by atoms with E-state index in [1.807, 2.05) is 24.4 Å². The summed E-state index contributed by atoms with van der Waals surface area (Å²) in [5.41, 5.74) is 2.11. The Kier molecular flexibility index (Phi) is 4.02. The molecule has 0 fully saturated rings. The monoisotopic (exact) mass is 254 g/mol. The van der Waals surface area contributed by atoms with Crippen LogP contribution in [-0.2, 0) is 6.54 Å². The maximum atomic E-state index is 9.20. The quantitative estimate of drug-likeness (QED) is 0.650. The average molecular weight is 255 g/mol. The van der Waals surface area contributed by atoms with Gasteiger partial charge in [0.2, 0.25) is 0 Å². The highest BCUT2D eigenvalue weighted by Crippen LogP contribution is 2.21. The van der Waals surface area contributed by atoms with E-state index in [9.17, 15) is 5.11 Å². The van der Waals surface area contributed by atoms with E-state index in [0.29, 0.717) is 18.1 Å². The molecule has 92 valence electrons. The summed E-state index contributed by atoms with van der Waals surface area (Å²) in [7, 11) is 0. The molecule has 0 bridgehead atoms. The van der Waals surface area contributed by atoms with Gasteiger partial charge < -0.3 is 20.5 Å². The summed E-state index contributed by atoms with van der Waals surface area (Å²) in [5.74, 6) is 0. The van der Waals surface area contributed by atoms with E-state index in [-0.39, 0.29) is 6.61 Å². The molecule has 17 heavy (non-hydrogen) atoms. The summed E-state index contributed by atoms with van der Waals surface area (Å²) in [4.78, 5) is 3.14. The molecule has 1 atom stereocenters. The molecule has 5 heteroatoms. The lowest BCUT2D eigenvalue weighted by Gasteiger charge is -2.08. The molecule has 1 aromatic heterocycles. The molecule has 2 aromatic rings. The highest BCUT2D eigenvalue weighted by Gasteiger charge is 2.05. The van der Waals surface area contributed by atoms with Gasteiger partial charge in [-0.25, -0.2) is 0 Å². The number of hydrogen-bond acceptors (Lipinski definition) is 3. The van der Waals surface area contributed by atoms with Crippen molar-refractivity contribution in [3.63, 3.8) is 0 Å². The van der Waals surface area contributed by atoms with Crippen LogP contribution in [0.5, 0.6) is 0 Å². The summed E-state index contributed by atoms with van der Waals surface area (Å²) >= 11 is 5.90. The van der Waals surface area contributed by atoms with E-state index in [0.717, 1.165) is 16.5 Å². The summed E-state index contributed by atoms with van der Waals surface area (Å²) in [5, 5.41) is 22.8. The lowest BCUT2D eigenvalue weighted by atomic mass is 10.2. The fourth-order valence-corrected chi connectivity index (χ4v) is 1.91. The first kappa shape index (κ1) is 12.4. The number of aromatic nitrogens is 1. The molecule has 0 spiro atoms. The third-order valence-corrected chi connectivity index (χ3v) is 2.87. The Morgan fingerprint density at radius 1 is 1.41 bits per heavy atom. The number of hydrogen-bond donors (Lipinski definition) is 4. The van der Waals surface area contributed by atoms with Crippen molar-refractivity contribution in [2.24, 2.45) is 0 Å². The van der Waals surface area contributed by atoms with Crippen LogP contribution >= 0.6 is 11.6 Å². The smallest absolute Gasteiger partial charge is 0.0895 e. The summed E-state index contributed by atoms with van der Waals surface area (Å²) in [6.45, 7) is 0.784. The van der Waals surface area contributed by atoms with Crippen LogP contribution in [0.1, 0.15) is 5.56 Å². The van der Waals surface area contributed by atoms with Crippen molar-refractivity contribution in [1.29, 1.82) is 0 Å². The van der Waals surface area contributed by atoms with Gasteiger partial charge >= 0.3 is 0 Å². The Balaban J connectivity index is 2.04. The zero-order valence-corrected chi connectivity index (χ0v) is 10.0. The third kappa shape index (κ3) is 2.98. The van der Waals surface area contributed by atoms with Crippen LogP contribution in [0.15, 0.2) is 24.4 Å². The Labute approximate surface area is 104 Å². The van der Waals surface area contributed by atoms with Gasteiger partial charge in [0.1, 0.15) is 0 Å². The van der Waals surface area contributed by atoms with Gasteiger partial charge in [0.25, 0.3) is 0 Å². The Hall–Kier alpha value is -1.07. The Bertz CT molecular complexity index is 498. The molecular weight excluding hydrogens is 240 g/mol. The lowest BCUT2D eigenvalue weighted by molar-refractivity contribution is 0.0942. The number of aliphatic hydroxyl groups is 2. The third-order valence-electron chi connectivity index (χ3n) is 2.64. The summed E-state index contributed by atoms with van der Waals surface area (Å²) < 4.78 is 0. The van der Waals surface area contributed by atoms with Gasteiger partial charge in [-0.05, 0) is 17.7 Å². The topological polar surface area (TPSA) is 68.3 Å². The van der Waals surface area contributed by atoms with Crippen LogP contribution in [0.3, 0.4) is 0 Å². The molecule has 0 aliphatic carbocycles. The number of fused-ring (bicyclic) bond motifs is 1. The molecule has 2 rings (SSSR count). The standard InChI is InChI=1S/C12H15ClN2O2/c13-9-1-2-11-8(5-15-12(11)3-9)4-14-6-10(17)7-16/h1-3,5,10,14-17H,4,6-7H2. The van der Waals surface area contributed by atoms with Crippen LogP contribution in [0.2, 0.25) is 5.02 Å². The van der Waals surface area contributed by atoms with Crippen molar-refractivity contribution in [3.05, 3.63) is 35.0 Å². The normalized spacial score (nSPS) is 13.1. The van der Waals surface area contributed by atoms with Gasteiger partial charge in [0, 0.05) is 35.2 Å². The maximum absolute atomic E-state index is 9.20. The molecule has 1 aromatic carbocycles. The van der Waals surface area contributed by atoms with E-state index in [2.05, 4.69) is 10.3 Å². The SMILES string of the molecule is OCC(O)CNCc1c[nH]c2cc(Cl)ccc12. The fraction of sp³-hybridized carbons (Fsp3) is 0.333. The summed E-state index contributed by atoms with van der Waals surface area (Å²) in [6, 6.07) is 5.69. The number of aliphatic hydroxyl groups excluding tert-OH is 2. The highest BCUT2D eigenvalue weighted by molar-refractivity contribution is 6.31. The molecule has 0 amide bonds. The van der Waals surface area contributed by atoms with Gasteiger partial charge in [0.15, 0.2) is 0 Å². The lowest BCUT2D eigenvalue weighted by Crippen LogP contribution is -2.28. The fourth-order valence-electron chi connectivity index (χ4n) is 1.74. The minimum absolute atomic E-state index is 0.226. The van der Waals surface area contributed by atoms with Gasteiger partial charge in [-0.1, -0.05) is 17.7 Å². The van der Waals surface area contributed by atoms with Crippen LogP contribution in [0, 0.1) is 0 Å². The number of rotatable bonds is 5. The van der Waals surface area contributed by atoms with Crippen molar-refractivity contribution >= 4 is 22.5 Å². The van der Waals surface area contributed by atoms with Crippen molar-refractivity contribution in [2.75, 3.05) is 13.2 Å². The van der Waals surface area contributed by atoms with E-state index in [4.69, 9.17) is 16.7 Å². The second kappa shape index (κ2) is 5.51. The van der Waals surface area contributed by atoms with Crippen molar-refractivity contribution in [3.8, 4) is 0 Å². The second-order valence-electron chi connectivity index (χ2n) is 3.97. The second-order valence-corrected chi connectivity index (χ2v) is 4.41. The van der Waals surface area contributed by atoms with Gasteiger partial charge in [-0.15, -0.1) is 0 Å². The minimum atomic E-state index is -0.713. The molecule has 0 saturated heterocycles. The molecule has 0 saturated carbocycles. The molecular formula is C12H15ClN2O2. The molecule has 0 aliphatic rings. The van der Waals surface area contributed by atoms with Crippen molar-refractivity contribution in [2.45, 2.75) is 12.6 Å².